The molecule has 0 fully saturated rings. The molecule has 2 aromatic rings. The summed E-state index contributed by atoms with van der Waals surface area (Å²) in [6.07, 6.45) is 0.206. The van der Waals surface area contributed by atoms with Crippen LogP contribution in [0.4, 0.5) is 5.69 Å². The number of rotatable bonds is 3. The SMILES string of the molecule is CC(C)(N)CC(=O)Nc1c(Cl)ccc2nsnc12. The van der Waals surface area contributed by atoms with Gasteiger partial charge in [0.05, 0.1) is 22.4 Å². The molecule has 2 rings (SSSR count). The van der Waals surface area contributed by atoms with Gasteiger partial charge in [0.25, 0.3) is 0 Å². The number of aromatic nitrogens is 2. The van der Waals surface area contributed by atoms with E-state index in [1.807, 2.05) is 0 Å². The van der Waals surface area contributed by atoms with Crippen LogP contribution < -0.4 is 11.1 Å². The molecule has 0 radical (unpaired) electrons. The first-order valence-corrected chi connectivity index (χ1v) is 6.47. The quantitative estimate of drug-likeness (QED) is 0.907. The number of nitrogens with two attached hydrogens (primary N) is 1. The summed E-state index contributed by atoms with van der Waals surface area (Å²) in [7, 11) is 0. The second-order valence-electron chi connectivity index (χ2n) is 4.77. The van der Waals surface area contributed by atoms with E-state index in [9.17, 15) is 4.79 Å². The molecule has 96 valence electrons. The second kappa shape index (κ2) is 4.79. The zero-order valence-corrected chi connectivity index (χ0v) is 11.6. The molecule has 1 heterocycles. The van der Waals surface area contributed by atoms with Crippen LogP contribution in [0.5, 0.6) is 0 Å². The molecule has 0 spiro atoms. The van der Waals surface area contributed by atoms with Crippen molar-refractivity contribution >= 4 is 46.0 Å². The van der Waals surface area contributed by atoms with Crippen LogP contribution in [0.2, 0.25) is 5.02 Å². The van der Waals surface area contributed by atoms with Crippen LogP contribution in [0.3, 0.4) is 0 Å². The number of carbonyl (C=O) groups excluding carboxylic acids is 1. The molecule has 0 saturated carbocycles. The Balaban J connectivity index is 2.28. The number of benzene rings is 1. The van der Waals surface area contributed by atoms with Crippen LogP contribution in [0, 0.1) is 0 Å². The second-order valence-corrected chi connectivity index (χ2v) is 5.70. The Kier molecular flexibility index (Phi) is 3.52. The number of hydrogen-bond acceptors (Lipinski definition) is 5. The number of anilines is 1. The molecule has 1 aromatic carbocycles. The van der Waals surface area contributed by atoms with E-state index in [0.717, 1.165) is 11.7 Å². The van der Waals surface area contributed by atoms with Gasteiger partial charge in [-0.15, -0.1) is 0 Å². The van der Waals surface area contributed by atoms with Crippen LogP contribution in [0.15, 0.2) is 12.1 Å². The summed E-state index contributed by atoms with van der Waals surface area (Å²) in [5, 5.41) is 3.19. The molecule has 0 aliphatic carbocycles. The maximum absolute atomic E-state index is 11.9. The van der Waals surface area contributed by atoms with E-state index >= 15 is 0 Å². The topological polar surface area (TPSA) is 80.9 Å². The fraction of sp³-hybridized carbons (Fsp3) is 0.364. The Morgan fingerprint density at radius 2 is 2.22 bits per heavy atom. The van der Waals surface area contributed by atoms with Crippen molar-refractivity contribution < 1.29 is 4.79 Å². The molecule has 18 heavy (non-hydrogen) atoms. The fourth-order valence-corrected chi connectivity index (χ4v) is 2.29. The smallest absolute Gasteiger partial charge is 0.226 e. The lowest BCUT2D eigenvalue weighted by atomic mass is 10.0. The van der Waals surface area contributed by atoms with E-state index in [1.54, 1.807) is 26.0 Å². The predicted molar refractivity (Wildman–Crippen MR) is 73.9 cm³/mol. The van der Waals surface area contributed by atoms with Crippen LogP contribution in [0.1, 0.15) is 20.3 Å². The van der Waals surface area contributed by atoms with Crippen molar-refractivity contribution in [2.45, 2.75) is 25.8 Å². The van der Waals surface area contributed by atoms with Gasteiger partial charge in [-0.05, 0) is 26.0 Å². The summed E-state index contributed by atoms with van der Waals surface area (Å²) in [5.74, 6) is -0.190. The first kappa shape index (κ1) is 13.2. The van der Waals surface area contributed by atoms with Crippen molar-refractivity contribution in [2.24, 2.45) is 5.73 Å². The Labute approximate surface area is 114 Å². The zero-order chi connectivity index (χ0) is 13.3. The average molecular weight is 285 g/mol. The molecule has 0 atom stereocenters. The lowest BCUT2D eigenvalue weighted by molar-refractivity contribution is -0.117. The van der Waals surface area contributed by atoms with Gasteiger partial charge < -0.3 is 11.1 Å². The van der Waals surface area contributed by atoms with Crippen molar-refractivity contribution in [3.05, 3.63) is 17.2 Å². The number of carbonyl (C=O) groups is 1. The molecule has 0 unspecified atom stereocenters. The number of amides is 1. The highest BCUT2D eigenvalue weighted by Gasteiger charge is 2.19. The number of fused-ring (bicyclic) bond motifs is 1. The highest BCUT2D eigenvalue weighted by Crippen LogP contribution is 2.30. The van der Waals surface area contributed by atoms with Crippen molar-refractivity contribution in [1.29, 1.82) is 0 Å². The van der Waals surface area contributed by atoms with Crippen LogP contribution in [-0.4, -0.2) is 20.2 Å². The number of nitrogens with one attached hydrogen (secondary N) is 1. The molecular formula is C11H13ClN4OS. The molecule has 0 bridgehead atoms. The third-order valence-electron chi connectivity index (χ3n) is 2.26. The molecule has 5 nitrogen and oxygen atoms in total. The summed E-state index contributed by atoms with van der Waals surface area (Å²) in [6.45, 7) is 3.58. The van der Waals surface area contributed by atoms with E-state index in [-0.39, 0.29) is 12.3 Å². The first-order valence-electron chi connectivity index (χ1n) is 5.36. The Morgan fingerprint density at radius 1 is 1.50 bits per heavy atom. The number of halogens is 1. The standard InChI is InChI=1S/C11H13ClN4OS/c1-11(2,13)5-8(17)14-9-6(12)3-4-7-10(9)16-18-15-7/h3-4H,5,13H2,1-2H3,(H,14,17). The van der Waals surface area contributed by atoms with Gasteiger partial charge in [0.2, 0.25) is 5.91 Å². The minimum Gasteiger partial charge on any atom is -0.325 e. The highest BCUT2D eigenvalue weighted by atomic mass is 35.5. The molecule has 0 aliphatic rings. The van der Waals surface area contributed by atoms with Gasteiger partial charge >= 0.3 is 0 Å². The lowest BCUT2D eigenvalue weighted by Crippen LogP contribution is -2.36. The Hall–Kier alpha value is -1.24. The van der Waals surface area contributed by atoms with Crippen molar-refractivity contribution in [3.8, 4) is 0 Å². The van der Waals surface area contributed by atoms with Gasteiger partial charge in [-0.25, -0.2) is 0 Å². The van der Waals surface area contributed by atoms with E-state index < -0.39 is 5.54 Å². The number of nitrogens with zero attached hydrogens (tertiary/aromatic N) is 2. The summed E-state index contributed by atoms with van der Waals surface area (Å²) in [4.78, 5) is 11.9. The normalized spacial score (nSPS) is 11.8. The monoisotopic (exact) mass is 284 g/mol. The van der Waals surface area contributed by atoms with E-state index in [0.29, 0.717) is 21.7 Å². The Bertz CT molecular complexity index is 590. The summed E-state index contributed by atoms with van der Waals surface area (Å²) < 4.78 is 8.23. The third kappa shape index (κ3) is 2.95. The van der Waals surface area contributed by atoms with Gasteiger partial charge in [0, 0.05) is 12.0 Å². The fourth-order valence-electron chi connectivity index (χ4n) is 1.54. The molecule has 0 saturated heterocycles. The first-order chi connectivity index (χ1) is 8.37. The highest BCUT2D eigenvalue weighted by molar-refractivity contribution is 7.00. The molecule has 1 aromatic heterocycles. The van der Waals surface area contributed by atoms with Crippen molar-refractivity contribution in [2.75, 3.05) is 5.32 Å². The molecular weight excluding hydrogens is 272 g/mol. The van der Waals surface area contributed by atoms with E-state index in [1.165, 1.54) is 0 Å². The zero-order valence-electron chi connectivity index (χ0n) is 10.0. The third-order valence-corrected chi connectivity index (χ3v) is 3.12. The van der Waals surface area contributed by atoms with Gasteiger partial charge in [-0.2, -0.15) is 8.75 Å². The van der Waals surface area contributed by atoms with E-state index in [2.05, 4.69) is 14.1 Å². The largest absolute Gasteiger partial charge is 0.325 e. The molecule has 1 amide bonds. The van der Waals surface area contributed by atoms with Gasteiger partial charge in [0.15, 0.2) is 0 Å². The maximum atomic E-state index is 11.9. The Morgan fingerprint density at radius 3 is 2.89 bits per heavy atom. The van der Waals surface area contributed by atoms with Gasteiger partial charge in [0.1, 0.15) is 11.0 Å². The molecule has 3 N–H and O–H groups in total. The van der Waals surface area contributed by atoms with Gasteiger partial charge in [-0.1, -0.05) is 11.6 Å². The van der Waals surface area contributed by atoms with Gasteiger partial charge in [-0.3, -0.25) is 4.79 Å². The summed E-state index contributed by atoms with van der Waals surface area (Å²) in [5.41, 5.74) is 7.06. The summed E-state index contributed by atoms with van der Waals surface area (Å²) in [6, 6.07) is 3.46. The van der Waals surface area contributed by atoms with Crippen LogP contribution in [-0.2, 0) is 4.79 Å². The maximum Gasteiger partial charge on any atom is 0.226 e. The average Bonchev–Trinajstić information content (AvgIpc) is 2.67. The lowest BCUT2D eigenvalue weighted by Gasteiger charge is -2.17. The molecule has 0 aliphatic heterocycles. The predicted octanol–water partition coefficient (Wildman–Crippen LogP) is 2.41. The summed E-state index contributed by atoms with van der Waals surface area (Å²) >= 11 is 7.15. The van der Waals surface area contributed by atoms with Crippen molar-refractivity contribution in [1.82, 2.24) is 8.75 Å². The van der Waals surface area contributed by atoms with Crippen LogP contribution >= 0.6 is 23.3 Å². The van der Waals surface area contributed by atoms with Crippen molar-refractivity contribution in [3.63, 3.8) is 0 Å². The minimum absolute atomic E-state index is 0.190. The minimum atomic E-state index is -0.565. The van der Waals surface area contributed by atoms with Crippen LogP contribution in [0.25, 0.3) is 11.0 Å². The van der Waals surface area contributed by atoms with E-state index in [4.69, 9.17) is 17.3 Å². The molecule has 7 heteroatoms. The number of hydrogen-bond donors (Lipinski definition) is 2.